The first-order chi connectivity index (χ1) is 10.7. The topological polar surface area (TPSA) is 33.3 Å². The lowest BCUT2D eigenvalue weighted by Gasteiger charge is -2.03. The number of ether oxygens (including phenoxy) is 1. The van der Waals surface area contributed by atoms with Gasteiger partial charge in [-0.15, -0.1) is 0 Å². The van der Waals surface area contributed by atoms with Gasteiger partial charge in [0, 0.05) is 18.6 Å². The zero-order chi connectivity index (χ0) is 15.8. The Morgan fingerprint density at radius 1 is 1.04 bits per heavy atom. The summed E-state index contributed by atoms with van der Waals surface area (Å²) in [5.41, 5.74) is 2.15. The van der Waals surface area contributed by atoms with Crippen LogP contribution in [0.15, 0.2) is 42.7 Å². The van der Waals surface area contributed by atoms with E-state index in [-0.39, 0.29) is 22.7 Å². The summed E-state index contributed by atoms with van der Waals surface area (Å²) in [4.78, 5) is 0. The normalized spacial score (nSPS) is 10.5. The maximum atomic E-state index is 9.59. The highest BCUT2D eigenvalue weighted by Gasteiger charge is 2.01. The predicted octanol–water partition coefficient (Wildman–Crippen LogP) is 1.05. The van der Waals surface area contributed by atoms with Gasteiger partial charge in [-0.05, 0) is 29.7 Å². The number of methoxy groups -OCH3 is 1. The summed E-state index contributed by atoms with van der Waals surface area (Å²) >= 11 is 0. The number of pyridine rings is 1. The molecule has 0 saturated heterocycles. The highest BCUT2D eigenvalue weighted by molar-refractivity contribution is 5.70. The molecule has 23 heavy (non-hydrogen) atoms. The molecule has 0 radical (unpaired) electrons. The molecular formula is C19H24BrNO2. The molecule has 1 heterocycles. The quantitative estimate of drug-likeness (QED) is 0.577. The molecule has 0 spiro atoms. The zero-order valence-electron chi connectivity index (χ0n) is 13.7. The van der Waals surface area contributed by atoms with Crippen LogP contribution in [0.5, 0.6) is 11.5 Å². The molecule has 0 aliphatic rings. The van der Waals surface area contributed by atoms with Crippen LogP contribution < -0.4 is 26.3 Å². The van der Waals surface area contributed by atoms with Gasteiger partial charge in [0.1, 0.15) is 6.54 Å². The Kier molecular flexibility index (Phi) is 8.41. The second-order valence-electron chi connectivity index (χ2n) is 5.34. The van der Waals surface area contributed by atoms with Crippen LogP contribution in [0, 0.1) is 0 Å². The number of aromatic nitrogens is 1. The summed E-state index contributed by atoms with van der Waals surface area (Å²) in [6, 6.07) is 9.55. The number of nitrogens with zero attached hydrogens (tertiary/aromatic N) is 1. The lowest BCUT2D eigenvalue weighted by Crippen LogP contribution is -3.00. The Labute approximate surface area is 149 Å². The first-order valence-electron chi connectivity index (χ1n) is 7.77. The summed E-state index contributed by atoms with van der Waals surface area (Å²) in [7, 11) is 1.55. The van der Waals surface area contributed by atoms with Gasteiger partial charge in [-0.3, -0.25) is 0 Å². The number of hydrogen-bond acceptors (Lipinski definition) is 2. The molecule has 0 bridgehead atoms. The van der Waals surface area contributed by atoms with Crippen molar-refractivity contribution in [3.63, 3.8) is 0 Å². The molecule has 2 rings (SSSR count). The number of aromatic hydroxyl groups is 1. The minimum absolute atomic E-state index is 0. The van der Waals surface area contributed by atoms with Gasteiger partial charge in [-0.1, -0.05) is 31.6 Å². The van der Waals surface area contributed by atoms with E-state index in [1.165, 1.54) is 19.3 Å². The van der Waals surface area contributed by atoms with Crippen LogP contribution in [0.4, 0.5) is 0 Å². The van der Waals surface area contributed by atoms with Crippen molar-refractivity contribution in [2.75, 3.05) is 7.11 Å². The van der Waals surface area contributed by atoms with E-state index in [0.717, 1.165) is 17.7 Å². The largest absolute Gasteiger partial charge is 1.00 e. The molecule has 4 heteroatoms. The van der Waals surface area contributed by atoms with E-state index >= 15 is 0 Å². The van der Waals surface area contributed by atoms with Crippen molar-refractivity contribution in [1.29, 1.82) is 0 Å². The van der Waals surface area contributed by atoms with Crippen LogP contribution in [0.25, 0.3) is 12.2 Å². The molecule has 0 unspecified atom stereocenters. The van der Waals surface area contributed by atoms with Crippen LogP contribution in [-0.4, -0.2) is 12.2 Å². The van der Waals surface area contributed by atoms with Crippen molar-refractivity contribution in [1.82, 2.24) is 0 Å². The molecule has 3 nitrogen and oxygen atoms in total. The molecule has 1 N–H and O–H groups in total. The Bertz CT molecular complexity index is 624. The Morgan fingerprint density at radius 2 is 1.74 bits per heavy atom. The van der Waals surface area contributed by atoms with Gasteiger partial charge >= 0.3 is 0 Å². The van der Waals surface area contributed by atoms with Crippen molar-refractivity contribution in [3.8, 4) is 11.5 Å². The lowest BCUT2D eigenvalue weighted by atomic mass is 10.1. The number of phenolic OH excluding ortho intramolecular Hbond substituents is 1. The van der Waals surface area contributed by atoms with Gasteiger partial charge in [-0.2, -0.15) is 0 Å². The van der Waals surface area contributed by atoms with Gasteiger partial charge in [0.05, 0.1) is 7.11 Å². The van der Waals surface area contributed by atoms with Crippen molar-refractivity contribution in [2.24, 2.45) is 0 Å². The summed E-state index contributed by atoms with van der Waals surface area (Å²) in [5.74, 6) is 0.649. The Hall–Kier alpha value is -1.81. The van der Waals surface area contributed by atoms with Crippen LogP contribution in [-0.2, 0) is 6.54 Å². The summed E-state index contributed by atoms with van der Waals surface area (Å²) in [6.45, 7) is 3.30. The zero-order valence-corrected chi connectivity index (χ0v) is 15.3. The van der Waals surface area contributed by atoms with Crippen molar-refractivity contribution in [3.05, 3.63) is 53.9 Å². The highest BCUT2D eigenvalue weighted by atomic mass is 79.9. The number of phenols is 1. The predicted molar refractivity (Wildman–Crippen MR) is 89.7 cm³/mol. The Balaban J connectivity index is 0.00000264. The average molecular weight is 378 g/mol. The monoisotopic (exact) mass is 377 g/mol. The standard InChI is InChI=1S/C19H23NO2.BrH/c1-3-4-5-12-20-13-10-16(11-14-20)6-7-17-8-9-18(21)19(15-17)22-2;/h6-11,13-15H,3-5,12H2,1-2H3;1H. The molecule has 1 aromatic carbocycles. The summed E-state index contributed by atoms with van der Waals surface area (Å²) in [5, 5.41) is 9.59. The average Bonchev–Trinajstić information content (AvgIpc) is 2.55. The highest BCUT2D eigenvalue weighted by Crippen LogP contribution is 2.26. The van der Waals surface area contributed by atoms with Crippen LogP contribution in [0.1, 0.15) is 37.3 Å². The van der Waals surface area contributed by atoms with E-state index in [2.05, 4.69) is 42.1 Å². The molecule has 0 amide bonds. The minimum atomic E-state index is 0. The van der Waals surface area contributed by atoms with Gasteiger partial charge in [-0.25, -0.2) is 4.57 Å². The molecule has 0 atom stereocenters. The van der Waals surface area contributed by atoms with E-state index in [4.69, 9.17) is 4.74 Å². The number of hydrogen-bond donors (Lipinski definition) is 1. The van der Waals surface area contributed by atoms with Crippen LogP contribution in [0.2, 0.25) is 0 Å². The van der Waals surface area contributed by atoms with Crippen molar-refractivity contribution < 1.29 is 31.4 Å². The molecule has 124 valence electrons. The third-order valence-electron chi connectivity index (χ3n) is 3.61. The SMILES string of the molecule is CCCCC[n+]1ccc(/C=C/c2ccc(O)c(OC)c2)cc1.[Br-]. The van der Waals surface area contributed by atoms with Gasteiger partial charge in [0.25, 0.3) is 0 Å². The van der Waals surface area contributed by atoms with Gasteiger partial charge < -0.3 is 26.8 Å². The van der Waals surface area contributed by atoms with Crippen molar-refractivity contribution >= 4 is 12.2 Å². The number of halogens is 1. The first-order valence-corrected chi connectivity index (χ1v) is 7.77. The second kappa shape index (κ2) is 10.1. The van der Waals surface area contributed by atoms with E-state index < -0.39 is 0 Å². The maximum absolute atomic E-state index is 9.59. The van der Waals surface area contributed by atoms with E-state index in [9.17, 15) is 5.11 Å². The minimum Gasteiger partial charge on any atom is -1.00 e. The number of aryl methyl sites for hydroxylation is 1. The smallest absolute Gasteiger partial charge is 0.169 e. The number of rotatable bonds is 7. The fraction of sp³-hybridized carbons (Fsp3) is 0.316. The number of benzene rings is 1. The lowest BCUT2D eigenvalue weighted by molar-refractivity contribution is -0.697. The van der Waals surface area contributed by atoms with E-state index in [0.29, 0.717) is 5.75 Å². The summed E-state index contributed by atoms with van der Waals surface area (Å²) in [6.07, 6.45) is 12.1. The fourth-order valence-corrected chi connectivity index (χ4v) is 2.26. The summed E-state index contributed by atoms with van der Waals surface area (Å²) < 4.78 is 7.33. The molecular weight excluding hydrogens is 354 g/mol. The third kappa shape index (κ3) is 6.06. The molecule has 0 aliphatic carbocycles. The number of unbranched alkanes of at least 4 members (excludes halogenated alkanes) is 2. The van der Waals surface area contributed by atoms with Gasteiger partial charge in [0.15, 0.2) is 23.9 Å². The van der Waals surface area contributed by atoms with Gasteiger partial charge in [0.2, 0.25) is 0 Å². The van der Waals surface area contributed by atoms with Crippen LogP contribution >= 0.6 is 0 Å². The van der Waals surface area contributed by atoms with Crippen molar-refractivity contribution in [2.45, 2.75) is 32.7 Å². The fourth-order valence-electron chi connectivity index (χ4n) is 2.26. The van der Waals surface area contributed by atoms with E-state index in [1.54, 1.807) is 13.2 Å². The Morgan fingerprint density at radius 3 is 2.39 bits per heavy atom. The van der Waals surface area contributed by atoms with E-state index in [1.807, 2.05) is 18.2 Å². The third-order valence-corrected chi connectivity index (χ3v) is 3.61. The second-order valence-corrected chi connectivity index (χ2v) is 5.34. The maximum Gasteiger partial charge on any atom is 0.169 e. The van der Waals surface area contributed by atoms with Crippen LogP contribution in [0.3, 0.4) is 0 Å². The molecule has 1 aromatic heterocycles. The molecule has 0 aliphatic heterocycles. The first kappa shape index (κ1) is 19.2. The molecule has 0 saturated carbocycles. The molecule has 2 aromatic rings. The molecule has 0 fully saturated rings.